The van der Waals surface area contributed by atoms with Crippen LogP contribution < -0.4 is 4.90 Å². The highest BCUT2D eigenvalue weighted by Crippen LogP contribution is 2.36. The summed E-state index contributed by atoms with van der Waals surface area (Å²) in [6.45, 7) is 3.48. The summed E-state index contributed by atoms with van der Waals surface area (Å²) in [6.07, 6.45) is 4.04. The molecule has 23 heavy (non-hydrogen) atoms. The van der Waals surface area contributed by atoms with Gasteiger partial charge in [-0.05, 0) is 54.4 Å². The van der Waals surface area contributed by atoms with E-state index >= 15 is 0 Å². The highest BCUT2D eigenvalue weighted by atomic mass is 32.1. The number of H-pyrrole nitrogens is 1. The Kier molecular flexibility index (Phi) is 4.48. The lowest BCUT2D eigenvalue weighted by Gasteiger charge is -2.24. The summed E-state index contributed by atoms with van der Waals surface area (Å²) in [5, 5.41) is 4.26. The van der Waals surface area contributed by atoms with Crippen molar-refractivity contribution < 1.29 is 4.90 Å². The second-order valence-corrected chi connectivity index (χ2v) is 8.29. The van der Waals surface area contributed by atoms with Crippen molar-refractivity contribution in [3.63, 3.8) is 0 Å². The lowest BCUT2D eigenvalue weighted by Crippen LogP contribution is -3.12. The molecule has 4 rings (SSSR count). The number of quaternary nitrogens is 1. The van der Waals surface area contributed by atoms with Crippen molar-refractivity contribution in [2.75, 3.05) is 13.1 Å². The van der Waals surface area contributed by atoms with Crippen LogP contribution in [0.25, 0.3) is 21.1 Å². The Balaban J connectivity index is 1.80. The fraction of sp³-hybridized carbons (Fsp3) is 0.353. The minimum Gasteiger partial charge on any atom is -0.329 e. The quantitative estimate of drug-likeness (QED) is 0.673. The Hall–Kier alpha value is -1.21. The molecule has 3 nitrogen and oxygen atoms in total. The maximum absolute atomic E-state index is 5.68. The maximum Gasteiger partial charge on any atom is 0.182 e. The van der Waals surface area contributed by atoms with Crippen molar-refractivity contribution in [1.82, 2.24) is 9.55 Å². The zero-order valence-corrected chi connectivity index (χ0v) is 15.3. The molecule has 1 saturated heterocycles. The van der Waals surface area contributed by atoms with Crippen LogP contribution in [-0.4, -0.2) is 22.6 Å². The van der Waals surface area contributed by atoms with Crippen LogP contribution in [0, 0.1) is 4.77 Å². The number of hydrogen-bond acceptors (Lipinski definition) is 3. The Morgan fingerprint density at radius 3 is 2.39 bits per heavy atom. The van der Waals surface area contributed by atoms with Gasteiger partial charge in [0.25, 0.3) is 0 Å². The summed E-state index contributed by atoms with van der Waals surface area (Å²) >= 11 is 9.23. The van der Waals surface area contributed by atoms with Gasteiger partial charge in [-0.25, -0.2) is 0 Å². The molecule has 2 N–H and O–H groups in total. The Morgan fingerprint density at radius 1 is 1.04 bits per heavy atom. The summed E-state index contributed by atoms with van der Waals surface area (Å²) in [5.41, 5.74) is 2.43. The minimum atomic E-state index is 0.842. The second-order valence-electron chi connectivity index (χ2n) is 6.01. The molecule has 0 radical (unpaired) electrons. The fourth-order valence-corrected chi connectivity index (χ4v) is 5.09. The lowest BCUT2D eigenvalue weighted by atomic mass is 10.1. The maximum atomic E-state index is 5.68. The van der Waals surface area contributed by atoms with Gasteiger partial charge in [0.1, 0.15) is 0 Å². The molecule has 0 atom stereocenters. The molecule has 1 fully saturated rings. The number of nitrogens with one attached hydrogen (secondary N) is 2. The second kappa shape index (κ2) is 6.73. The number of aromatic nitrogens is 2. The van der Waals surface area contributed by atoms with Gasteiger partial charge < -0.3 is 9.88 Å². The smallest absolute Gasteiger partial charge is 0.182 e. The first-order valence-electron chi connectivity index (χ1n) is 8.07. The monoisotopic (exact) mass is 362 g/mol. The van der Waals surface area contributed by atoms with E-state index < -0.39 is 0 Å². The predicted octanol–water partition coefficient (Wildman–Crippen LogP) is 4.03. The number of aromatic amines is 1. The molecule has 0 saturated carbocycles. The van der Waals surface area contributed by atoms with Crippen LogP contribution in [-0.2, 0) is 6.67 Å². The molecule has 1 aliphatic heterocycles. The number of likely N-dealkylation sites (tertiary alicyclic amines) is 1. The molecule has 0 aromatic carbocycles. The lowest BCUT2D eigenvalue weighted by molar-refractivity contribution is -0.927. The molecular weight excluding hydrogens is 342 g/mol. The number of rotatable bonds is 4. The van der Waals surface area contributed by atoms with Crippen molar-refractivity contribution in [3.8, 4) is 21.1 Å². The van der Waals surface area contributed by atoms with Crippen LogP contribution in [0.3, 0.4) is 0 Å². The zero-order chi connectivity index (χ0) is 15.6. The number of hydrogen-bond donors (Lipinski definition) is 2. The Labute approximate surface area is 149 Å². The molecule has 0 bridgehead atoms. The number of nitrogens with zero attached hydrogens (tertiary/aromatic N) is 1. The summed E-state index contributed by atoms with van der Waals surface area (Å²) < 4.78 is 3.16. The van der Waals surface area contributed by atoms with Gasteiger partial charge in [-0.3, -0.25) is 4.57 Å². The van der Waals surface area contributed by atoms with E-state index in [1.54, 1.807) is 27.6 Å². The standard InChI is InChI=1S/C17H19N3S3/c21-17-18-15(13-6-4-10-22-13)16(14-7-5-11-23-14)20(17)12-19-8-2-1-3-9-19/h4-7,10-11H,1-3,8-9,12H2,(H,18,21)/p+1. The van der Waals surface area contributed by atoms with Crippen LogP contribution in [0.4, 0.5) is 0 Å². The van der Waals surface area contributed by atoms with E-state index in [0.29, 0.717) is 0 Å². The highest BCUT2D eigenvalue weighted by Gasteiger charge is 2.21. The molecular formula is C17H20N3S3+. The van der Waals surface area contributed by atoms with Gasteiger partial charge in [0.15, 0.2) is 11.4 Å². The van der Waals surface area contributed by atoms with Gasteiger partial charge >= 0.3 is 0 Å². The van der Waals surface area contributed by atoms with Crippen molar-refractivity contribution >= 4 is 34.9 Å². The van der Waals surface area contributed by atoms with Crippen molar-refractivity contribution in [2.24, 2.45) is 0 Å². The summed E-state index contributed by atoms with van der Waals surface area (Å²) in [7, 11) is 0. The van der Waals surface area contributed by atoms with E-state index in [1.807, 2.05) is 0 Å². The third kappa shape index (κ3) is 3.08. The topological polar surface area (TPSA) is 25.2 Å². The average molecular weight is 363 g/mol. The Bertz CT molecular complexity index is 806. The zero-order valence-electron chi connectivity index (χ0n) is 12.9. The van der Waals surface area contributed by atoms with E-state index in [2.05, 4.69) is 44.6 Å². The molecule has 0 amide bonds. The minimum absolute atomic E-state index is 0.842. The molecule has 0 unspecified atom stereocenters. The number of piperidine rings is 1. The van der Waals surface area contributed by atoms with Crippen molar-refractivity contribution in [3.05, 3.63) is 39.8 Å². The summed E-state index contributed by atoms with van der Waals surface area (Å²) in [6, 6.07) is 8.58. The average Bonchev–Trinajstić information content (AvgIpc) is 3.30. The van der Waals surface area contributed by atoms with Crippen LogP contribution in [0.1, 0.15) is 19.3 Å². The van der Waals surface area contributed by atoms with Gasteiger partial charge in [-0.1, -0.05) is 12.1 Å². The number of thiophene rings is 2. The van der Waals surface area contributed by atoms with E-state index in [1.165, 1.54) is 53.5 Å². The van der Waals surface area contributed by atoms with Gasteiger partial charge in [0.2, 0.25) is 0 Å². The SMILES string of the molecule is S=c1[nH]c(-c2cccs2)c(-c2cccs2)n1C[NH+]1CCCCC1. The van der Waals surface area contributed by atoms with Gasteiger partial charge in [-0.2, -0.15) is 0 Å². The van der Waals surface area contributed by atoms with Gasteiger partial charge in [0.05, 0.1) is 34.2 Å². The summed E-state index contributed by atoms with van der Waals surface area (Å²) in [5.74, 6) is 0. The van der Waals surface area contributed by atoms with Crippen LogP contribution in [0.15, 0.2) is 35.0 Å². The number of imidazole rings is 1. The van der Waals surface area contributed by atoms with E-state index in [4.69, 9.17) is 12.2 Å². The third-order valence-corrected chi connectivity index (χ3v) is 6.53. The molecule has 3 aromatic heterocycles. The van der Waals surface area contributed by atoms with Gasteiger partial charge in [0, 0.05) is 0 Å². The first-order chi connectivity index (χ1) is 11.3. The fourth-order valence-electron chi connectivity index (χ4n) is 3.32. The molecule has 4 heterocycles. The molecule has 0 spiro atoms. The van der Waals surface area contributed by atoms with Crippen molar-refractivity contribution in [1.29, 1.82) is 0 Å². The predicted molar refractivity (Wildman–Crippen MR) is 101 cm³/mol. The highest BCUT2D eigenvalue weighted by molar-refractivity contribution is 7.71. The van der Waals surface area contributed by atoms with Crippen LogP contribution >= 0.6 is 34.9 Å². The van der Waals surface area contributed by atoms with Crippen molar-refractivity contribution in [2.45, 2.75) is 25.9 Å². The van der Waals surface area contributed by atoms with E-state index in [9.17, 15) is 0 Å². The molecule has 3 aromatic rings. The first-order valence-corrected chi connectivity index (χ1v) is 10.2. The summed E-state index contributed by atoms with van der Waals surface area (Å²) in [4.78, 5) is 7.66. The van der Waals surface area contributed by atoms with E-state index in [0.717, 1.165) is 11.4 Å². The molecule has 120 valence electrons. The normalized spacial score (nSPS) is 16.0. The van der Waals surface area contributed by atoms with Gasteiger partial charge in [-0.15, -0.1) is 22.7 Å². The largest absolute Gasteiger partial charge is 0.329 e. The molecule has 0 aliphatic carbocycles. The van der Waals surface area contributed by atoms with Crippen LogP contribution in [0.2, 0.25) is 0 Å². The Morgan fingerprint density at radius 2 is 1.74 bits per heavy atom. The third-order valence-electron chi connectivity index (χ3n) is 4.45. The molecule has 1 aliphatic rings. The molecule has 6 heteroatoms. The first kappa shape index (κ1) is 15.3. The van der Waals surface area contributed by atoms with E-state index in [-0.39, 0.29) is 0 Å². The van der Waals surface area contributed by atoms with Crippen LogP contribution in [0.5, 0.6) is 0 Å².